The minimum Gasteiger partial charge on any atom is -0.313 e. The molecule has 0 bridgehead atoms. The highest BCUT2D eigenvalue weighted by Gasteiger charge is 2.14. The van der Waals surface area contributed by atoms with Gasteiger partial charge in [-0.15, -0.1) is 11.8 Å². The first-order valence-corrected chi connectivity index (χ1v) is 7.77. The van der Waals surface area contributed by atoms with Crippen molar-refractivity contribution in [2.75, 3.05) is 6.54 Å². The van der Waals surface area contributed by atoms with Crippen LogP contribution in [-0.4, -0.2) is 17.8 Å². The van der Waals surface area contributed by atoms with E-state index in [0.29, 0.717) is 5.25 Å². The van der Waals surface area contributed by atoms with Gasteiger partial charge in [-0.1, -0.05) is 26.2 Å². The summed E-state index contributed by atoms with van der Waals surface area (Å²) in [5, 5.41) is 4.18. The van der Waals surface area contributed by atoms with Crippen LogP contribution in [0.1, 0.15) is 39.0 Å². The van der Waals surface area contributed by atoms with E-state index in [1.54, 1.807) is 0 Å². The van der Waals surface area contributed by atoms with Gasteiger partial charge in [0.15, 0.2) is 0 Å². The second-order valence-electron chi connectivity index (χ2n) is 5.13. The lowest BCUT2D eigenvalue weighted by Crippen LogP contribution is -2.35. The van der Waals surface area contributed by atoms with E-state index >= 15 is 0 Å². The quantitative estimate of drug-likeness (QED) is 0.801. The van der Waals surface area contributed by atoms with Crippen molar-refractivity contribution in [1.82, 2.24) is 5.32 Å². The molecular formula is C15H22FNS. The highest BCUT2D eigenvalue weighted by molar-refractivity contribution is 8.00. The Kier molecular flexibility index (Phi) is 5.51. The molecule has 1 fully saturated rings. The van der Waals surface area contributed by atoms with Crippen molar-refractivity contribution in [1.29, 1.82) is 0 Å². The van der Waals surface area contributed by atoms with Crippen LogP contribution >= 0.6 is 11.8 Å². The third-order valence-electron chi connectivity index (χ3n) is 3.45. The number of benzene rings is 1. The number of hydrogen-bond acceptors (Lipinski definition) is 2. The second-order valence-corrected chi connectivity index (χ2v) is 6.64. The predicted molar refractivity (Wildman–Crippen MR) is 76.6 cm³/mol. The lowest BCUT2D eigenvalue weighted by Gasteiger charge is -2.24. The summed E-state index contributed by atoms with van der Waals surface area (Å²) in [7, 11) is 0. The van der Waals surface area contributed by atoms with Crippen LogP contribution in [0, 0.1) is 5.82 Å². The standard InChI is InChI=1S/C15H22FNS/c1-12(11-17-14-5-3-2-4-6-14)18-15-9-7-13(16)8-10-15/h7-10,12,14,17H,2-6,11H2,1H3. The van der Waals surface area contributed by atoms with Crippen molar-refractivity contribution < 1.29 is 4.39 Å². The van der Waals surface area contributed by atoms with Crippen molar-refractivity contribution in [3.05, 3.63) is 30.1 Å². The number of nitrogens with one attached hydrogen (secondary N) is 1. The second kappa shape index (κ2) is 7.15. The van der Waals surface area contributed by atoms with Crippen molar-refractivity contribution in [3.8, 4) is 0 Å². The fraction of sp³-hybridized carbons (Fsp3) is 0.600. The average molecular weight is 267 g/mol. The molecule has 1 aliphatic carbocycles. The molecule has 1 unspecified atom stereocenters. The summed E-state index contributed by atoms with van der Waals surface area (Å²) in [4.78, 5) is 1.15. The van der Waals surface area contributed by atoms with E-state index in [1.165, 1.54) is 44.2 Å². The molecule has 1 N–H and O–H groups in total. The van der Waals surface area contributed by atoms with Gasteiger partial charge in [-0.3, -0.25) is 0 Å². The van der Waals surface area contributed by atoms with E-state index in [-0.39, 0.29) is 5.82 Å². The van der Waals surface area contributed by atoms with E-state index in [0.717, 1.165) is 17.5 Å². The minimum atomic E-state index is -0.160. The lowest BCUT2D eigenvalue weighted by molar-refractivity contribution is 0.375. The molecule has 2 rings (SSSR count). The molecule has 0 aliphatic heterocycles. The fourth-order valence-electron chi connectivity index (χ4n) is 2.43. The molecule has 0 heterocycles. The summed E-state index contributed by atoms with van der Waals surface area (Å²) < 4.78 is 12.8. The molecule has 0 saturated heterocycles. The smallest absolute Gasteiger partial charge is 0.123 e. The van der Waals surface area contributed by atoms with E-state index in [9.17, 15) is 4.39 Å². The average Bonchev–Trinajstić information content (AvgIpc) is 2.40. The van der Waals surface area contributed by atoms with Crippen LogP contribution in [0.2, 0.25) is 0 Å². The zero-order valence-electron chi connectivity index (χ0n) is 11.0. The Morgan fingerprint density at radius 1 is 1.22 bits per heavy atom. The Morgan fingerprint density at radius 3 is 2.56 bits per heavy atom. The normalized spacial score (nSPS) is 18.8. The van der Waals surface area contributed by atoms with Crippen molar-refractivity contribution in [3.63, 3.8) is 0 Å². The van der Waals surface area contributed by atoms with Gasteiger partial charge in [-0.05, 0) is 37.1 Å². The first-order chi connectivity index (χ1) is 8.74. The molecule has 18 heavy (non-hydrogen) atoms. The van der Waals surface area contributed by atoms with Gasteiger partial charge in [0, 0.05) is 22.7 Å². The maximum Gasteiger partial charge on any atom is 0.123 e. The monoisotopic (exact) mass is 267 g/mol. The lowest BCUT2D eigenvalue weighted by atomic mass is 9.95. The predicted octanol–water partition coefficient (Wildman–Crippen LogP) is 4.23. The Labute approximate surface area is 114 Å². The van der Waals surface area contributed by atoms with Crippen LogP contribution in [0.3, 0.4) is 0 Å². The topological polar surface area (TPSA) is 12.0 Å². The van der Waals surface area contributed by atoms with E-state index in [4.69, 9.17) is 0 Å². The van der Waals surface area contributed by atoms with Gasteiger partial charge in [0.1, 0.15) is 5.82 Å². The van der Waals surface area contributed by atoms with Gasteiger partial charge in [-0.2, -0.15) is 0 Å². The summed E-state index contributed by atoms with van der Waals surface area (Å²) in [5.74, 6) is -0.160. The highest BCUT2D eigenvalue weighted by Crippen LogP contribution is 2.23. The van der Waals surface area contributed by atoms with Gasteiger partial charge < -0.3 is 5.32 Å². The Morgan fingerprint density at radius 2 is 1.89 bits per heavy atom. The molecule has 0 radical (unpaired) electrons. The molecule has 0 amide bonds. The maximum atomic E-state index is 12.8. The van der Waals surface area contributed by atoms with Gasteiger partial charge >= 0.3 is 0 Å². The molecule has 1 aliphatic rings. The van der Waals surface area contributed by atoms with E-state index < -0.39 is 0 Å². The Hall–Kier alpha value is -0.540. The van der Waals surface area contributed by atoms with Crippen molar-refractivity contribution in [2.24, 2.45) is 0 Å². The van der Waals surface area contributed by atoms with E-state index in [1.807, 2.05) is 23.9 Å². The SMILES string of the molecule is CC(CNC1CCCCC1)Sc1ccc(F)cc1. The van der Waals surface area contributed by atoms with Crippen molar-refractivity contribution >= 4 is 11.8 Å². The van der Waals surface area contributed by atoms with Gasteiger partial charge in [-0.25, -0.2) is 4.39 Å². The molecule has 0 spiro atoms. The van der Waals surface area contributed by atoms with Crippen LogP contribution in [0.5, 0.6) is 0 Å². The summed E-state index contributed by atoms with van der Waals surface area (Å²) in [6.45, 7) is 3.26. The van der Waals surface area contributed by atoms with E-state index in [2.05, 4.69) is 12.2 Å². The molecule has 100 valence electrons. The highest BCUT2D eigenvalue weighted by atomic mass is 32.2. The minimum absolute atomic E-state index is 0.160. The Bertz CT molecular complexity index is 346. The fourth-order valence-corrected chi connectivity index (χ4v) is 3.36. The van der Waals surface area contributed by atoms with Gasteiger partial charge in [0.25, 0.3) is 0 Å². The summed E-state index contributed by atoms with van der Waals surface area (Å²) in [6.07, 6.45) is 6.80. The molecular weight excluding hydrogens is 245 g/mol. The molecule has 1 saturated carbocycles. The van der Waals surface area contributed by atoms with Crippen molar-refractivity contribution in [2.45, 2.75) is 55.2 Å². The van der Waals surface area contributed by atoms with Crippen LogP contribution in [-0.2, 0) is 0 Å². The maximum absolute atomic E-state index is 12.8. The first-order valence-electron chi connectivity index (χ1n) is 6.89. The third kappa shape index (κ3) is 4.62. The van der Waals surface area contributed by atoms with Gasteiger partial charge in [0.05, 0.1) is 0 Å². The number of thioether (sulfide) groups is 1. The number of hydrogen-bond donors (Lipinski definition) is 1. The molecule has 1 aromatic carbocycles. The molecule has 1 aromatic rings. The van der Waals surface area contributed by atoms with Crippen LogP contribution < -0.4 is 5.32 Å². The first kappa shape index (κ1) is 13.9. The zero-order chi connectivity index (χ0) is 12.8. The molecule has 1 atom stereocenters. The molecule has 3 heteroatoms. The number of halogens is 1. The van der Waals surface area contributed by atoms with Crippen LogP contribution in [0.4, 0.5) is 4.39 Å². The third-order valence-corrected chi connectivity index (χ3v) is 4.56. The number of rotatable bonds is 5. The molecule has 1 nitrogen and oxygen atoms in total. The Balaban J connectivity index is 1.71. The zero-order valence-corrected chi connectivity index (χ0v) is 11.8. The molecule has 0 aromatic heterocycles. The summed E-state index contributed by atoms with van der Waals surface area (Å²) in [5.41, 5.74) is 0. The van der Waals surface area contributed by atoms with Crippen LogP contribution in [0.15, 0.2) is 29.2 Å². The summed E-state index contributed by atoms with van der Waals surface area (Å²) >= 11 is 1.81. The van der Waals surface area contributed by atoms with Crippen LogP contribution in [0.25, 0.3) is 0 Å². The largest absolute Gasteiger partial charge is 0.313 e. The summed E-state index contributed by atoms with van der Waals surface area (Å²) in [6, 6.07) is 7.50. The van der Waals surface area contributed by atoms with Gasteiger partial charge in [0.2, 0.25) is 0 Å².